The van der Waals surface area contributed by atoms with Gasteiger partial charge < -0.3 is 24.4 Å². The number of H-pyrrole nitrogens is 1. The van der Waals surface area contributed by atoms with Crippen LogP contribution in [0.1, 0.15) is 23.3 Å². The normalized spacial score (nSPS) is 16.6. The number of nitrogens with one attached hydrogen (secondary N) is 2. The molecule has 0 aliphatic carbocycles. The molecule has 2 N–H and O–H groups in total. The number of nitrogens with zero attached hydrogens (tertiary/aromatic N) is 2. The van der Waals surface area contributed by atoms with Gasteiger partial charge in [-0.2, -0.15) is 4.98 Å². The third-order valence-corrected chi connectivity index (χ3v) is 5.48. The standard InChI is InChI=1S/C22H22N4O3/c1-28-16-9-8-14-11-19(24-18(14)12-16)21(27)23-13-15-5-4-10-26(15)22-25-17-6-2-3-7-20(17)29-22/h2-3,6-9,11-12,15,24H,4-5,10,13H2,1H3,(H,23,27)/t15-/m0/s1. The summed E-state index contributed by atoms with van der Waals surface area (Å²) < 4.78 is 11.2. The summed E-state index contributed by atoms with van der Waals surface area (Å²) in [4.78, 5) is 22.6. The van der Waals surface area contributed by atoms with Crippen molar-refractivity contribution in [1.82, 2.24) is 15.3 Å². The molecule has 1 aliphatic heterocycles. The fourth-order valence-corrected chi connectivity index (χ4v) is 3.94. The van der Waals surface area contributed by atoms with E-state index in [1.54, 1.807) is 7.11 Å². The van der Waals surface area contributed by atoms with Gasteiger partial charge >= 0.3 is 0 Å². The van der Waals surface area contributed by atoms with E-state index < -0.39 is 0 Å². The molecular formula is C22H22N4O3. The lowest BCUT2D eigenvalue weighted by molar-refractivity contribution is 0.0947. The fourth-order valence-electron chi connectivity index (χ4n) is 3.94. The lowest BCUT2D eigenvalue weighted by Gasteiger charge is -2.22. The van der Waals surface area contributed by atoms with Gasteiger partial charge in [0.05, 0.1) is 13.2 Å². The highest BCUT2D eigenvalue weighted by molar-refractivity contribution is 5.98. The van der Waals surface area contributed by atoms with Gasteiger partial charge in [-0.05, 0) is 43.2 Å². The third-order valence-electron chi connectivity index (χ3n) is 5.48. The Labute approximate surface area is 167 Å². The Hall–Kier alpha value is -3.48. The zero-order valence-electron chi connectivity index (χ0n) is 16.1. The molecule has 0 spiro atoms. The maximum Gasteiger partial charge on any atom is 0.298 e. The predicted octanol–water partition coefficient (Wildman–Crippen LogP) is 3.72. The molecule has 0 bridgehead atoms. The van der Waals surface area contributed by atoms with Crippen LogP contribution in [0.4, 0.5) is 6.01 Å². The van der Waals surface area contributed by atoms with Crippen molar-refractivity contribution in [2.75, 3.05) is 25.1 Å². The van der Waals surface area contributed by atoms with Crippen molar-refractivity contribution in [3.8, 4) is 5.75 Å². The summed E-state index contributed by atoms with van der Waals surface area (Å²) in [6.07, 6.45) is 2.04. The lowest BCUT2D eigenvalue weighted by atomic mass is 10.2. The summed E-state index contributed by atoms with van der Waals surface area (Å²) in [5.74, 6) is 0.635. The van der Waals surface area contributed by atoms with Gasteiger partial charge in [0.2, 0.25) is 0 Å². The van der Waals surface area contributed by atoms with Crippen LogP contribution in [0.15, 0.2) is 52.9 Å². The highest BCUT2D eigenvalue weighted by Gasteiger charge is 2.29. The largest absolute Gasteiger partial charge is 0.497 e. The molecule has 29 heavy (non-hydrogen) atoms. The number of rotatable bonds is 5. The number of ether oxygens (including phenoxy) is 1. The molecule has 3 heterocycles. The van der Waals surface area contributed by atoms with Crippen LogP contribution < -0.4 is 15.0 Å². The van der Waals surface area contributed by atoms with E-state index in [0.29, 0.717) is 18.3 Å². The molecule has 5 rings (SSSR count). The number of anilines is 1. The Balaban J connectivity index is 1.29. The number of carbonyl (C=O) groups excluding carboxylic acids is 1. The van der Waals surface area contributed by atoms with Crippen LogP contribution in [0.5, 0.6) is 5.75 Å². The Bertz CT molecular complexity index is 1150. The molecule has 148 valence electrons. The van der Waals surface area contributed by atoms with Gasteiger partial charge in [0.25, 0.3) is 11.9 Å². The molecule has 0 saturated carbocycles. The minimum absolute atomic E-state index is 0.121. The lowest BCUT2D eigenvalue weighted by Crippen LogP contribution is -2.40. The number of benzene rings is 2. The van der Waals surface area contributed by atoms with Crippen LogP contribution in [-0.2, 0) is 0 Å². The number of hydrogen-bond donors (Lipinski definition) is 2. The summed E-state index contributed by atoms with van der Waals surface area (Å²) >= 11 is 0. The van der Waals surface area contributed by atoms with Gasteiger partial charge in [0.15, 0.2) is 5.58 Å². The number of aromatic nitrogens is 2. The van der Waals surface area contributed by atoms with E-state index in [2.05, 4.69) is 20.2 Å². The molecule has 7 nitrogen and oxygen atoms in total. The topological polar surface area (TPSA) is 83.4 Å². The van der Waals surface area contributed by atoms with Crippen molar-refractivity contribution in [3.63, 3.8) is 0 Å². The molecule has 1 saturated heterocycles. The number of methoxy groups -OCH3 is 1. The van der Waals surface area contributed by atoms with Crippen LogP contribution in [0.3, 0.4) is 0 Å². The Morgan fingerprint density at radius 1 is 1.31 bits per heavy atom. The second kappa shape index (κ2) is 7.16. The first kappa shape index (κ1) is 17.6. The van der Waals surface area contributed by atoms with Crippen LogP contribution in [-0.4, -0.2) is 42.1 Å². The van der Waals surface area contributed by atoms with E-state index >= 15 is 0 Å². The van der Waals surface area contributed by atoms with Crippen molar-refractivity contribution in [1.29, 1.82) is 0 Å². The number of carbonyl (C=O) groups is 1. The monoisotopic (exact) mass is 390 g/mol. The number of oxazole rings is 1. The zero-order valence-corrected chi connectivity index (χ0v) is 16.1. The van der Waals surface area contributed by atoms with Crippen LogP contribution in [0.2, 0.25) is 0 Å². The molecule has 7 heteroatoms. The van der Waals surface area contributed by atoms with Crippen LogP contribution in [0, 0.1) is 0 Å². The highest BCUT2D eigenvalue weighted by atomic mass is 16.5. The number of para-hydroxylation sites is 2. The summed E-state index contributed by atoms with van der Waals surface area (Å²) in [7, 11) is 1.63. The van der Waals surface area contributed by atoms with Crippen LogP contribution >= 0.6 is 0 Å². The molecule has 0 radical (unpaired) electrons. The highest BCUT2D eigenvalue weighted by Crippen LogP contribution is 2.28. The number of aromatic amines is 1. The second-order valence-corrected chi connectivity index (χ2v) is 7.30. The van der Waals surface area contributed by atoms with E-state index in [0.717, 1.165) is 47.1 Å². The maximum absolute atomic E-state index is 12.7. The van der Waals surface area contributed by atoms with E-state index in [1.807, 2.05) is 48.5 Å². The number of amides is 1. The fraction of sp³-hybridized carbons (Fsp3) is 0.273. The van der Waals surface area contributed by atoms with Crippen molar-refractivity contribution in [2.45, 2.75) is 18.9 Å². The molecule has 1 fully saturated rings. The first-order chi connectivity index (χ1) is 14.2. The van der Waals surface area contributed by atoms with Gasteiger partial charge in [-0.3, -0.25) is 4.79 Å². The quantitative estimate of drug-likeness (QED) is 0.543. The minimum Gasteiger partial charge on any atom is -0.497 e. The molecule has 1 atom stereocenters. The molecular weight excluding hydrogens is 368 g/mol. The number of hydrogen-bond acceptors (Lipinski definition) is 5. The Kier molecular flexibility index (Phi) is 4.35. The van der Waals surface area contributed by atoms with Crippen molar-refractivity contribution in [3.05, 3.63) is 54.2 Å². The summed E-state index contributed by atoms with van der Waals surface area (Å²) in [6.45, 7) is 1.41. The molecule has 1 aliphatic rings. The first-order valence-corrected chi connectivity index (χ1v) is 9.78. The average molecular weight is 390 g/mol. The molecule has 4 aromatic rings. The smallest absolute Gasteiger partial charge is 0.298 e. The molecule has 0 unspecified atom stereocenters. The van der Waals surface area contributed by atoms with Gasteiger partial charge in [-0.1, -0.05) is 12.1 Å². The zero-order chi connectivity index (χ0) is 19.8. The predicted molar refractivity (Wildman–Crippen MR) is 112 cm³/mol. The Morgan fingerprint density at radius 3 is 3.07 bits per heavy atom. The molecule has 1 amide bonds. The second-order valence-electron chi connectivity index (χ2n) is 7.30. The van der Waals surface area contributed by atoms with Gasteiger partial charge in [-0.25, -0.2) is 0 Å². The average Bonchev–Trinajstić information content (AvgIpc) is 3.48. The van der Waals surface area contributed by atoms with Crippen molar-refractivity contribution in [2.24, 2.45) is 0 Å². The van der Waals surface area contributed by atoms with E-state index in [9.17, 15) is 4.79 Å². The van der Waals surface area contributed by atoms with Gasteiger partial charge in [0, 0.05) is 30.1 Å². The molecule has 2 aromatic carbocycles. The molecule has 2 aromatic heterocycles. The van der Waals surface area contributed by atoms with E-state index in [1.165, 1.54) is 0 Å². The van der Waals surface area contributed by atoms with E-state index in [4.69, 9.17) is 9.15 Å². The third kappa shape index (κ3) is 3.29. The summed E-state index contributed by atoms with van der Waals surface area (Å²) in [5.41, 5.74) is 3.06. The van der Waals surface area contributed by atoms with Crippen molar-refractivity contribution >= 4 is 33.9 Å². The Morgan fingerprint density at radius 2 is 2.21 bits per heavy atom. The van der Waals surface area contributed by atoms with Gasteiger partial charge in [0.1, 0.15) is 17.0 Å². The van der Waals surface area contributed by atoms with Crippen molar-refractivity contribution < 1.29 is 13.9 Å². The first-order valence-electron chi connectivity index (χ1n) is 9.78. The SMILES string of the molecule is COc1ccc2cc(C(=O)NC[C@@H]3CCCN3c3nc4ccccc4o3)[nH]c2c1. The maximum atomic E-state index is 12.7. The minimum atomic E-state index is -0.121. The van der Waals surface area contributed by atoms with Crippen LogP contribution in [0.25, 0.3) is 22.0 Å². The summed E-state index contributed by atoms with van der Waals surface area (Å²) in [6, 6.07) is 16.1. The van der Waals surface area contributed by atoms with E-state index in [-0.39, 0.29) is 11.9 Å². The number of fused-ring (bicyclic) bond motifs is 2. The van der Waals surface area contributed by atoms with Gasteiger partial charge in [-0.15, -0.1) is 0 Å². The summed E-state index contributed by atoms with van der Waals surface area (Å²) in [5, 5.41) is 4.03.